The zero-order valence-corrected chi connectivity index (χ0v) is 21.1. The van der Waals surface area contributed by atoms with E-state index in [9.17, 15) is 9.59 Å². The SMILES string of the molecule is COC(=O)c1cccc(C(SCCC(=O)O)c2cccc(OCc3ccc4ccc(Cl)cc4n3)c2)c1. The molecule has 1 atom stereocenters. The molecule has 184 valence electrons. The first kappa shape index (κ1) is 25.5. The number of carboxylic acid groups (broad SMARTS) is 1. The number of fused-ring (bicyclic) bond motifs is 1. The third-order valence-corrected chi connectivity index (χ3v) is 7.02. The van der Waals surface area contributed by atoms with Crippen molar-refractivity contribution in [2.24, 2.45) is 0 Å². The van der Waals surface area contributed by atoms with Gasteiger partial charge in [0.1, 0.15) is 12.4 Å². The minimum Gasteiger partial charge on any atom is -0.487 e. The normalized spacial score (nSPS) is 11.7. The summed E-state index contributed by atoms with van der Waals surface area (Å²) in [6.07, 6.45) is 0.0334. The van der Waals surface area contributed by atoms with E-state index in [-0.39, 0.29) is 18.3 Å². The average molecular weight is 522 g/mol. The number of hydrogen-bond donors (Lipinski definition) is 1. The van der Waals surface area contributed by atoms with Crippen LogP contribution in [-0.2, 0) is 16.1 Å². The van der Waals surface area contributed by atoms with Crippen LogP contribution < -0.4 is 4.74 Å². The molecule has 0 aliphatic heterocycles. The fourth-order valence-corrected chi connectivity index (χ4v) is 5.11. The van der Waals surface area contributed by atoms with Crippen molar-refractivity contribution in [3.8, 4) is 5.75 Å². The van der Waals surface area contributed by atoms with Crippen LogP contribution in [0.15, 0.2) is 78.9 Å². The molecule has 0 bridgehead atoms. The largest absolute Gasteiger partial charge is 0.487 e. The molecule has 0 amide bonds. The van der Waals surface area contributed by atoms with Crippen LogP contribution in [0.5, 0.6) is 5.75 Å². The number of carbonyl (C=O) groups is 2. The molecule has 4 aromatic rings. The van der Waals surface area contributed by atoms with Crippen LogP contribution in [0.25, 0.3) is 10.9 Å². The second kappa shape index (κ2) is 11.9. The average Bonchev–Trinajstić information content (AvgIpc) is 2.89. The van der Waals surface area contributed by atoms with Gasteiger partial charge in [0.2, 0.25) is 0 Å². The molecule has 0 aliphatic carbocycles. The van der Waals surface area contributed by atoms with Gasteiger partial charge in [0, 0.05) is 16.2 Å². The van der Waals surface area contributed by atoms with Crippen molar-refractivity contribution in [1.82, 2.24) is 4.98 Å². The van der Waals surface area contributed by atoms with E-state index in [1.165, 1.54) is 18.9 Å². The fourth-order valence-electron chi connectivity index (χ4n) is 3.73. The minimum atomic E-state index is -0.856. The van der Waals surface area contributed by atoms with E-state index in [1.807, 2.05) is 60.7 Å². The van der Waals surface area contributed by atoms with Gasteiger partial charge in [-0.3, -0.25) is 4.79 Å². The number of ether oxygens (including phenoxy) is 2. The molecule has 3 aromatic carbocycles. The molecule has 8 heteroatoms. The molecule has 1 N–H and O–H groups in total. The Hall–Kier alpha value is -3.55. The number of methoxy groups -OCH3 is 1. The summed E-state index contributed by atoms with van der Waals surface area (Å²) in [6.45, 7) is 0.278. The molecule has 6 nitrogen and oxygen atoms in total. The maximum Gasteiger partial charge on any atom is 0.337 e. The number of esters is 1. The number of carbonyl (C=O) groups excluding carboxylic acids is 1. The van der Waals surface area contributed by atoms with Crippen LogP contribution in [0.3, 0.4) is 0 Å². The Kier molecular flexibility index (Phi) is 8.46. The first-order valence-corrected chi connectivity index (χ1v) is 12.7. The van der Waals surface area contributed by atoms with Gasteiger partial charge >= 0.3 is 11.9 Å². The number of thioether (sulfide) groups is 1. The summed E-state index contributed by atoms with van der Waals surface area (Å²) in [6, 6.07) is 24.3. The molecule has 36 heavy (non-hydrogen) atoms. The van der Waals surface area contributed by atoms with Gasteiger partial charge in [0.25, 0.3) is 0 Å². The summed E-state index contributed by atoms with van der Waals surface area (Å²) >= 11 is 7.60. The first-order chi connectivity index (χ1) is 17.4. The lowest BCUT2D eigenvalue weighted by Gasteiger charge is -2.19. The Morgan fingerprint density at radius 2 is 1.75 bits per heavy atom. The monoisotopic (exact) mass is 521 g/mol. The maximum absolute atomic E-state index is 12.1. The van der Waals surface area contributed by atoms with Crippen LogP contribution in [0.1, 0.15) is 38.8 Å². The Labute approximate surface area is 218 Å². The van der Waals surface area contributed by atoms with Crippen LogP contribution in [0, 0.1) is 0 Å². The number of aliphatic carboxylic acids is 1. The van der Waals surface area contributed by atoms with E-state index >= 15 is 0 Å². The summed E-state index contributed by atoms with van der Waals surface area (Å²) in [5.74, 6) is -0.205. The first-order valence-electron chi connectivity index (χ1n) is 11.2. The highest BCUT2D eigenvalue weighted by molar-refractivity contribution is 7.99. The lowest BCUT2D eigenvalue weighted by Crippen LogP contribution is -2.05. The second-order valence-electron chi connectivity index (χ2n) is 8.01. The van der Waals surface area contributed by atoms with Crippen molar-refractivity contribution < 1.29 is 24.2 Å². The van der Waals surface area contributed by atoms with Gasteiger partial charge in [-0.15, -0.1) is 11.8 Å². The molecule has 0 saturated heterocycles. The number of rotatable bonds is 10. The lowest BCUT2D eigenvalue weighted by atomic mass is 10.0. The van der Waals surface area contributed by atoms with Crippen molar-refractivity contribution in [1.29, 1.82) is 0 Å². The van der Waals surface area contributed by atoms with Gasteiger partial charge in [-0.05, 0) is 53.6 Å². The summed E-state index contributed by atoms with van der Waals surface area (Å²) in [4.78, 5) is 27.8. The second-order valence-corrected chi connectivity index (χ2v) is 9.66. The smallest absolute Gasteiger partial charge is 0.337 e. The van der Waals surface area contributed by atoms with Gasteiger partial charge in [0.15, 0.2) is 0 Å². The molecular formula is C28H24ClNO5S. The fraction of sp³-hybridized carbons (Fsp3) is 0.179. The molecule has 0 spiro atoms. The number of hydrogen-bond acceptors (Lipinski definition) is 6. The number of pyridine rings is 1. The van der Waals surface area contributed by atoms with Crippen molar-refractivity contribution in [2.45, 2.75) is 18.3 Å². The Bertz CT molecular complexity index is 1390. The van der Waals surface area contributed by atoms with Crippen LogP contribution >= 0.6 is 23.4 Å². The summed E-state index contributed by atoms with van der Waals surface area (Å²) < 4.78 is 10.9. The highest BCUT2D eigenvalue weighted by Gasteiger charge is 2.18. The summed E-state index contributed by atoms with van der Waals surface area (Å²) in [7, 11) is 1.34. The van der Waals surface area contributed by atoms with Gasteiger partial charge in [-0.2, -0.15) is 0 Å². The highest BCUT2D eigenvalue weighted by Crippen LogP contribution is 2.38. The van der Waals surface area contributed by atoms with Crippen LogP contribution in [-0.4, -0.2) is 34.9 Å². The zero-order chi connectivity index (χ0) is 25.5. The topological polar surface area (TPSA) is 85.7 Å². The Morgan fingerprint density at radius 3 is 2.53 bits per heavy atom. The van der Waals surface area contributed by atoms with Crippen LogP contribution in [0.4, 0.5) is 0 Å². The lowest BCUT2D eigenvalue weighted by molar-refractivity contribution is -0.136. The number of nitrogens with zero attached hydrogens (tertiary/aromatic N) is 1. The molecule has 0 saturated carbocycles. The van der Waals surface area contributed by atoms with Crippen LogP contribution in [0.2, 0.25) is 5.02 Å². The molecule has 1 heterocycles. The standard InChI is InChI=1S/C28H24ClNO5S/c1-34-28(33)21-6-2-4-19(14-21)27(36-13-12-26(31)32)20-5-3-7-24(15-20)35-17-23-11-9-18-8-10-22(29)16-25(18)30-23/h2-11,14-16,27H,12-13,17H2,1H3,(H,31,32). The third-order valence-electron chi connectivity index (χ3n) is 5.47. The maximum atomic E-state index is 12.1. The van der Waals surface area contributed by atoms with E-state index in [0.717, 1.165) is 27.7 Å². The predicted octanol–water partition coefficient (Wildman–Crippen LogP) is 6.55. The van der Waals surface area contributed by atoms with Crippen molar-refractivity contribution in [3.63, 3.8) is 0 Å². The highest BCUT2D eigenvalue weighted by atomic mass is 35.5. The van der Waals surface area contributed by atoms with Gasteiger partial charge in [-0.25, -0.2) is 9.78 Å². The quantitative estimate of drug-likeness (QED) is 0.237. The molecule has 1 unspecified atom stereocenters. The summed E-state index contributed by atoms with van der Waals surface area (Å²) in [5.41, 5.74) is 3.82. The number of halogens is 1. The van der Waals surface area contributed by atoms with Crippen molar-refractivity contribution >= 4 is 46.2 Å². The molecule has 1 aromatic heterocycles. The van der Waals surface area contributed by atoms with Crippen molar-refractivity contribution in [3.05, 3.63) is 106 Å². The van der Waals surface area contributed by atoms with E-state index in [0.29, 0.717) is 22.1 Å². The number of aromatic nitrogens is 1. The molecule has 0 aliphatic rings. The Balaban J connectivity index is 1.56. The minimum absolute atomic E-state index is 0.0334. The Morgan fingerprint density at radius 1 is 1.00 bits per heavy atom. The molecule has 4 rings (SSSR count). The van der Waals surface area contributed by atoms with E-state index in [2.05, 4.69) is 4.98 Å². The van der Waals surface area contributed by atoms with E-state index in [4.69, 9.17) is 26.2 Å². The third kappa shape index (κ3) is 6.56. The summed E-state index contributed by atoms with van der Waals surface area (Å²) in [5, 5.41) is 10.5. The molecule has 0 fully saturated rings. The number of carboxylic acids is 1. The zero-order valence-electron chi connectivity index (χ0n) is 19.5. The van der Waals surface area contributed by atoms with Gasteiger partial charge in [0.05, 0.1) is 35.6 Å². The van der Waals surface area contributed by atoms with Crippen molar-refractivity contribution in [2.75, 3.05) is 12.9 Å². The molecular weight excluding hydrogens is 498 g/mol. The number of benzene rings is 3. The van der Waals surface area contributed by atoms with Gasteiger partial charge < -0.3 is 14.6 Å². The predicted molar refractivity (Wildman–Crippen MR) is 142 cm³/mol. The molecule has 0 radical (unpaired) electrons. The van der Waals surface area contributed by atoms with E-state index < -0.39 is 11.9 Å². The van der Waals surface area contributed by atoms with Gasteiger partial charge in [-0.1, -0.05) is 48.0 Å². The van der Waals surface area contributed by atoms with E-state index in [1.54, 1.807) is 18.2 Å².